The number of nitrogens with zero attached hydrogens (tertiary/aromatic N) is 3. The van der Waals surface area contributed by atoms with Crippen molar-refractivity contribution in [3.05, 3.63) is 18.3 Å². The summed E-state index contributed by atoms with van der Waals surface area (Å²) in [7, 11) is 0. The molecule has 2 heterocycles. The Morgan fingerprint density at radius 3 is 2.80 bits per heavy atom. The topological polar surface area (TPSA) is 71.7 Å². The van der Waals surface area contributed by atoms with E-state index in [0.29, 0.717) is 38.4 Å². The van der Waals surface area contributed by atoms with Gasteiger partial charge < -0.3 is 20.3 Å². The molecule has 0 unspecified atom stereocenters. The predicted molar refractivity (Wildman–Crippen MR) is 78.6 cm³/mol. The van der Waals surface area contributed by atoms with Crippen LogP contribution in [-0.2, 0) is 9.53 Å². The molecule has 1 saturated heterocycles. The van der Waals surface area contributed by atoms with Crippen LogP contribution < -0.4 is 10.6 Å². The highest BCUT2D eigenvalue weighted by Gasteiger charge is 2.22. The summed E-state index contributed by atoms with van der Waals surface area (Å²) in [5.74, 6) is 0.973. The molecule has 1 fully saturated rings. The number of carbonyl (C=O) groups is 1. The molecule has 6 nitrogen and oxygen atoms in total. The first-order chi connectivity index (χ1) is 9.72. The molecule has 0 aliphatic carbocycles. The maximum Gasteiger partial charge on any atom is 0.225 e. The zero-order valence-electron chi connectivity index (χ0n) is 11.9. The normalized spacial score (nSPS) is 15.4. The van der Waals surface area contributed by atoms with Gasteiger partial charge in [0, 0.05) is 39.0 Å². The minimum Gasteiger partial charge on any atom is -0.396 e. The van der Waals surface area contributed by atoms with Crippen molar-refractivity contribution in [2.75, 3.05) is 50.0 Å². The maximum absolute atomic E-state index is 12.0. The summed E-state index contributed by atoms with van der Waals surface area (Å²) in [6, 6.07) is 3.67. The van der Waals surface area contributed by atoms with Crippen LogP contribution in [0.15, 0.2) is 18.3 Å². The number of carbonyl (C=O) groups excluding carboxylic acids is 1. The molecule has 0 radical (unpaired) electrons. The van der Waals surface area contributed by atoms with Crippen LogP contribution in [0, 0.1) is 0 Å². The van der Waals surface area contributed by atoms with Gasteiger partial charge in [0.1, 0.15) is 0 Å². The van der Waals surface area contributed by atoms with Gasteiger partial charge in [0.05, 0.1) is 18.7 Å². The second-order valence-corrected chi connectivity index (χ2v) is 4.73. The van der Waals surface area contributed by atoms with Crippen molar-refractivity contribution in [2.45, 2.75) is 13.3 Å². The Balaban J connectivity index is 1.83. The molecule has 2 N–H and O–H groups in total. The minimum atomic E-state index is 0.159. The summed E-state index contributed by atoms with van der Waals surface area (Å²) in [5.41, 5.74) is 6.61. The number of aromatic nitrogens is 1. The third kappa shape index (κ3) is 3.60. The van der Waals surface area contributed by atoms with E-state index in [2.05, 4.69) is 9.88 Å². The molecule has 1 aromatic rings. The molecule has 20 heavy (non-hydrogen) atoms. The zero-order valence-corrected chi connectivity index (χ0v) is 11.9. The zero-order chi connectivity index (χ0) is 14.4. The SMILES string of the molecule is CCOCCC(=O)N1CCN(c2ncccc2N)CC1. The Kier molecular flexibility index (Phi) is 5.17. The van der Waals surface area contributed by atoms with Crippen LogP contribution >= 0.6 is 0 Å². The van der Waals surface area contributed by atoms with E-state index < -0.39 is 0 Å². The van der Waals surface area contributed by atoms with Crippen LogP contribution in [0.3, 0.4) is 0 Å². The van der Waals surface area contributed by atoms with E-state index in [-0.39, 0.29) is 5.91 Å². The Labute approximate surface area is 119 Å². The Morgan fingerprint density at radius 2 is 2.15 bits per heavy atom. The highest BCUT2D eigenvalue weighted by Crippen LogP contribution is 2.20. The van der Waals surface area contributed by atoms with Gasteiger partial charge in [0.15, 0.2) is 5.82 Å². The number of piperazine rings is 1. The standard InChI is InChI=1S/C14H22N4O2/c1-2-20-11-5-13(19)17-7-9-18(10-8-17)14-12(15)4-3-6-16-14/h3-4,6H,2,5,7-11,15H2,1H3. The second-order valence-electron chi connectivity index (χ2n) is 4.73. The van der Waals surface area contributed by atoms with E-state index in [1.807, 2.05) is 24.0 Å². The van der Waals surface area contributed by atoms with E-state index in [1.54, 1.807) is 6.20 Å². The van der Waals surface area contributed by atoms with E-state index >= 15 is 0 Å². The molecular formula is C14H22N4O2. The first-order valence-electron chi connectivity index (χ1n) is 7.03. The van der Waals surface area contributed by atoms with Crippen molar-refractivity contribution in [1.29, 1.82) is 0 Å². The molecule has 0 atom stereocenters. The molecule has 0 saturated carbocycles. The van der Waals surface area contributed by atoms with Gasteiger partial charge >= 0.3 is 0 Å². The number of ether oxygens (including phenoxy) is 1. The van der Waals surface area contributed by atoms with Crippen molar-refractivity contribution >= 4 is 17.4 Å². The summed E-state index contributed by atoms with van der Waals surface area (Å²) in [5, 5.41) is 0. The lowest BCUT2D eigenvalue weighted by Gasteiger charge is -2.35. The van der Waals surface area contributed by atoms with Gasteiger partial charge in [0.2, 0.25) is 5.91 Å². The fourth-order valence-electron chi connectivity index (χ4n) is 2.30. The van der Waals surface area contributed by atoms with Crippen LogP contribution in [0.1, 0.15) is 13.3 Å². The van der Waals surface area contributed by atoms with E-state index in [9.17, 15) is 4.79 Å². The number of anilines is 2. The largest absolute Gasteiger partial charge is 0.396 e. The number of nitrogen functional groups attached to an aromatic ring is 1. The van der Waals surface area contributed by atoms with Crippen LogP contribution in [-0.4, -0.2) is 55.2 Å². The quantitative estimate of drug-likeness (QED) is 0.804. The second kappa shape index (κ2) is 7.09. The molecule has 6 heteroatoms. The molecule has 0 aromatic carbocycles. The number of amides is 1. The Hall–Kier alpha value is -1.82. The van der Waals surface area contributed by atoms with Crippen molar-refractivity contribution < 1.29 is 9.53 Å². The highest BCUT2D eigenvalue weighted by molar-refractivity contribution is 5.76. The van der Waals surface area contributed by atoms with Gasteiger partial charge in [-0.1, -0.05) is 0 Å². The van der Waals surface area contributed by atoms with E-state index in [4.69, 9.17) is 10.5 Å². The van der Waals surface area contributed by atoms with E-state index in [0.717, 1.165) is 18.9 Å². The maximum atomic E-state index is 12.0. The molecular weight excluding hydrogens is 256 g/mol. The summed E-state index contributed by atoms with van der Waals surface area (Å²) < 4.78 is 5.22. The molecule has 110 valence electrons. The third-order valence-corrected chi connectivity index (χ3v) is 3.41. The molecule has 1 amide bonds. The van der Waals surface area contributed by atoms with Gasteiger partial charge in [-0.25, -0.2) is 4.98 Å². The predicted octanol–water partition coefficient (Wildman–Crippen LogP) is 0.739. The van der Waals surface area contributed by atoms with Crippen molar-refractivity contribution in [3.63, 3.8) is 0 Å². The fraction of sp³-hybridized carbons (Fsp3) is 0.571. The molecule has 1 aromatic heterocycles. The van der Waals surface area contributed by atoms with Crippen molar-refractivity contribution in [2.24, 2.45) is 0 Å². The number of pyridine rings is 1. The fourth-order valence-corrected chi connectivity index (χ4v) is 2.30. The number of hydrogen-bond acceptors (Lipinski definition) is 5. The molecule has 1 aliphatic heterocycles. The third-order valence-electron chi connectivity index (χ3n) is 3.41. The number of hydrogen-bond donors (Lipinski definition) is 1. The van der Waals surface area contributed by atoms with Crippen molar-refractivity contribution in [3.8, 4) is 0 Å². The average molecular weight is 278 g/mol. The van der Waals surface area contributed by atoms with Crippen LogP contribution in [0.2, 0.25) is 0 Å². The van der Waals surface area contributed by atoms with E-state index in [1.165, 1.54) is 0 Å². The van der Waals surface area contributed by atoms with Gasteiger partial charge in [-0.3, -0.25) is 4.79 Å². The molecule has 0 spiro atoms. The van der Waals surface area contributed by atoms with Gasteiger partial charge in [0.25, 0.3) is 0 Å². The first kappa shape index (κ1) is 14.6. The molecule has 1 aliphatic rings. The summed E-state index contributed by atoms with van der Waals surface area (Å²) in [6.07, 6.45) is 2.20. The summed E-state index contributed by atoms with van der Waals surface area (Å²) >= 11 is 0. The van der Waals surface area contributed by atoms with Crippen LogP contribution in [0.5, 0.6) is 0 Å². The van der Waals surface area contributed by atoms with Gasteiger partial charge in [-0.2, -0.15) is 0 Å². The summed E-state index contributed by atoms with van der Waals surface area (Å²) in [4.78, 5) is 20.3. The summed E-state index contributed by atoms with van der Waals surface area (Å²) in [6.45, 7) is 6.04. The van der Waals surface area contributed by atoms with Crippen LogP contribution in [0.4, 0.5) is 11.5 Å². The lowest BCUT2D eigenvalue weighted by atomic mass is 10.2. The lowest BCUT2D eigenvalue weighted by Crippen LogP contribution is -2.49. The van der Waals surface area contributed by atoms with Gasteiger partial charge in [-0.15, -0.1) is 0 Å². The highest BCUT2D eigenvalue weighted by atomic mass is 16.5. The Bertz CT molecular complexity index is 445. The van der Waals surface area contributed by atoms with Gasteiger partial charge in [-0.05, 0) is 19.1 Å². The van der Waals surface area contributed by atoms with Crippen molar-refractivity contribution in [1.82, 2.24) is 9.88 Å². The minimum absolute atomic E-state index is 0.159. The molecule has 2 rings (SSSR count). The number of rotatable bonds is 5. The Morgan fingerprint density at radius 1 is 1.40 bits per heavy atom. The average Bonchev–Trinajstić information content (AvgIpc) is 2.48. The van der Waals surface area contributed by atoms with Crippen LogP contribution in [0.25, 0.3) is 0 Å². The monoisotopic (exact) mass is 278 g/mol. The smallest absolute Gasteiger partial charge is 0.225 e. The lowest BCUT2D eigenvalue weighted by molar-refractivity contribution is -0.132. The number of nitrogens with two attached hydrogens (primary N) is 1. The first-order valence-corrected chi connectivity index (χ1v) is 7.03. The molecule has 0 bridgehead atoms.